The molecule has 2 N–H and O–H groups in total. The fourth-order valence-electron chi connectivity index (χ4n) is 2.26. The lowest BCUT2D eigenvalue weighted by atomic mass is 9.86. The van der Waals surface area contributed by atoms with Gasteiger partial charge in [0.25, 0.3) is 0 Å². The summed E-state index contributed by atoms with van der Waals surface area (Å²) in [5.74, 6) is 0.531. The number of nitrogens with zero attached hydrogens (tertiary/aromatic N) is 1. The van der Waals surface area contributed by atoms with Crippen molar-refractivity contribution in [2.75, 3.05) is 13.6 Å². The first-order chi connectivity index (χ1) is 8.91. The van der Waals surface area contributed by atoms with Crippen LogP contribution in [0.3, 0.4) is 0 Å². The predicted molar refractivity (Wildman–Crippen MR) is 76.2 cm³/mol. The van der Waals surface area contributed by atoms with E-state index in [2.05, 4.69) is 0 Å². The van der Waals surface area contributed by atoms with Crippen LogP contribution in [0, 0.1) is 5.92 Å². The van der Waals surface area contributed by atoms with Crippen LogP contribution in [0.1, 0.15) is 37.8 Å². The van der Waals surface area contributed by atoms with Gasteiger partial charge in [-0.05, 0) is 43.4 Å². The van der Waals surface area contributed by atoms with Gasteiger partial charge in [-0.2, -0.15) is 0 Å². The van der Waals surface area contributed by atoms with Crippen LogP contribution in [0.25, 0.3) is 0 Å². The first kappa shape index (κ1) is 14.5. The molecule has 1 aromatic carbocycles. The Morgan fingerprint density at radius 2 is 1.89 bits per heavy atom. The number of benzene rings is 1. The topological polar surface area (TPSA) is 63.4 Å². The smallest absolute Gasteiger partial charge is 0.242 e. The van der Waals surface area contributed by atoms with Crippen molar-refractivity contribution in [2.45, 2.75) is 37.1 Å². The van der Waals surface area contributed by atoms with Crippen molar-refractivity contribution in [1.82, 2.24) is 4.31 Å². The Morgan fingerprint density at radius 3 is 2.32 bits per heavy atom. The Kier molecular flexibility index (Phi) is 4.28. The molecule has 0 heterocycles. The molecule has 1 saturated carbocycles. The van der Waals surface area contributed by atoms with Crippen molar-refractivity contribution >= 4 is 10.0 Å². The summed E-state index contributed by atoms with van der Waals surface area (Å²) in [5, 5.41) is 0. The highest BCUT2D eigenvalue weighted by molar-refractivity contribution is 7.89. The van der Waals surface area contributed by atoms with Crippen LogP contribution >= 0.6 is 0 Å². The number of hydrogen-bond acceptors (Lipinski definition) is 3. The van der Waals surface area contributed by atoms with Crippen LogP contribution in [0.2, 0.25) is 0 Å². The highest BCUT2D eigenvalue weighted by atomic mass is 32.2. The molecule has 0 saturated heterocycles. The molecule has 0 spiro atoms. The van der Waals surface area contributed by atoms with Gasteiger partial charge in [0.15, 0.2) is 0 Å². The lowest BCUT2D eigenvalue weighted by Gasteiger charge is -2.29. The van der Waals surface area contributed by atoms with Gasteiger partial charge in [0.05, 0.1) is 4.90 Å². The summed E-state index contributed by atoms with van der Waals surface area (Å²) >= 11 is 0. The van der Waals surface area contributed by atoms with Gasteiger partial charge in [0.1, 0.15) is 0 Å². The Hall–Kier alpha value is -0.910. The van der Waals surface area contributed by atoms with E-state index in [1.54, 1.807) is 31.3 Å². The Bertz CT molecular complexity index is 519. The SMILES string of the molecule is CC(N)c1ccc(S(=O)(=O)N(C)CC2CCC2)cc1. The highest BCUT2D eigenvalue weighted by Gasteiger charge is 2.26. The molecule has 0 bridgehead atoms. The lowest BCUT2D eigenvalue weighted by molar-refractivity contribution is 0.263. The van der Waals surface area contributed by atoms with E-state index in [9.17, 15) is 8.42 Å². The van der Waals surface area contributed by atoms with E-state index in [0.717, 1.165) is 18.4 Å². The maximum Gasteiger partial charge on any atom is 0.242 e. The monoisotopic (exact) mass is 282 g/mol. The lowest BCUT2D eigenvalue weighted by Crippen LogP contribution is -2.34. The van der Waals surface area contributed by atoms with E-state index in [1.165, 1.54) is 10.7 Å². The van der Waals surface area contributed by atoms with Crippen LogP contribution in [0.5, 0.6) is 0 Å². The van der Waals surface area contributed by atoms with E-state index >= 15 is 0 Å². The van der Waals surface area contributed by atoms with E-state index in [-0.39, 0.29) is 6.04 Å². The zero-order chi connectivity index (χ0) is 14.0. The standard InChI is InChI=1S/C14H22N2O2S/c1-11(15)13-6-8-14(9-7-13)19(17,18)16(2)10-12-4-3-5-12/h6-9,11-12H,3-5,10,15H2,1-2H3. The largest absolute Gasteiger partial charge is 0.324 e. The van der Waals surface area contributed by atoms with Gasteiger partial charge in [-0.1, -0.05) is 18.6 Å². The molecule has 0 radical (unpaired) electrons. The second kappa shape index (κ2) is 5.61. The second-order valence-corrected chi connectivity index (χ2v) is 7.49. The first-order valence-electron chi connectivity index (χ1n) is 6.73. The quantitative estimate of drug-likeness (QED) is 0.900. The summed E-state index contributed by atoms with van der Waals surface area (Å²) < 4.78 is 26.2. The Balaban J connectivity index is 2.13. The van der Waals surface area contributed by atoms with Crippen molar-refractivity contribution in [3.63, 3.8) is 0 Å². The molecule has 1 unspecified atom stereocenters. The Labute approximate surface area is 115 Å². The van der Waals surface area contributed by atoms with Crippen molar-refractivity contribution in [1.29, 1.82) is 0 Å². The average molecular weight is 282 g/mol. The predicted octanol–water partition coefficient (Wildman–Crippen LogP) is 2.13. The van der Waals surface area contributed by atoms with Gasteiger partial charge in [-0.25, -0.2) is 12.7 Å². The van der Waals surface area contributed by atoms with Crippen molar-refractivity contribution in [3.8, 4) is 0 Å². The third kappa shape index (κ3) is 3.16. The molecule has 19 heavy (non-hydrogen) atoms. The van der Waals surface area contributed by atoms with Crippen molar-refractivity contribution in [2.24, 2.45) is 11.7 Å². The molecule has 1 aliphatic carbocycles. The van der Waals surface area contributed by atoms with Gasteiger partial charge in [-0.15, -0.1) is 0 Å². The molecular weight excluding hydrogens is 260 g/mol. The summed E-state index contributed by atoms with van der Waals surface area (Å²) in [7, 11) is -1.70. The van der Waals surface area contributed by atoms with Crippen LogP contribution in [0.4, 0.5) is 0 Å². The zero-order valence-electron chi connectivity index (χ0n) is 11.5. The fraction of sp³-hybridized carbons (Fsp3) is 0.571. The molecular formula is C14H22N2O2S. The molecule has 2 rings (SSSR count). The van der Waals surface area contributed by atoms with Gasteiger partial charge in [0.2, 0.25) is 10.0 Å². The third-order valence-electron chi connectivity index (χ3n) is 3.85. The number of nitrogens with two attached hydrogens (primary N) is 1. The minimum Gasteiger partial charge on any atom is -0.324 e. The van der Waals surface area contributed by atoms with E-state index in [1.807, 2.05) is 6.92 Å². The summed E-state index contributed by atoms with van der Waals surface area (Å²) in [5.41, 5.74) is 6.71. The maximum atomic E-state index is 12.4. The molecule has 106 valence electrons. The third-order valence-corrected chi connectivity index (χ3v) is 5.69. The van der Waals surface area contributed by atoms with Gasteiger partial charge in [-0.3, -0.25) is 0 Å². The van der Waals surface area contributed by atoms with Gasteiger partial charge < -0.3 is 5.73 Å². The minimum absolute atomic E-state index is 0.0792. The zero-order valence-corrected chi connectivity index (χ0v) is 12.4. The minimum atomic E-state index is -3.36. The maximum absolute atomic E-state index is 12.4. The van der Waals surface area contributed by atoms with E-state index < -0.39 is 10.0 Å². The van der Waals surface area contributed by atoms with Gasteiger partial charge >= 0.3 is 0 Å². The molecule has 1 atom stereocenters. The number of sulfonamides is 1. The summed E-state index contributed by atoms with van der Waals surface area (Å²) in [6, 6.07) is 6.78. The number of hydrogen-bond donors (Lipinski definition) is 1. The normalized spacial score (nSPS) is 18.3. The van der Waals surface area contributed by atoms with Crippen LogP contribution < -0.4 is 5.73 Å². The van der Waals surface area contributed by atoms with Crippen molar-refractivity contribution in [3.05, 3.63) is 29.8 Å². The fourth-order valence-corrected chi connectivity index (χ4v) is 3.51. The molecule has 0 amide bonds. The Morgan fingerprint density at radius 1 is 1.32 bits per heavy atom. The summed E-state index contributed by atoms with van der Waals surface area (Å²) in [6.07, 6.45) is 3.51. The molecule has 1 aliphatic rings. The van der Waals surface area contributed by atoms with E-state index in [4.69, 9.17) is 5.73 Å². The van der Waals surface area contributed by atoms with Crippen molar-refractivity contribution < 1.29 is 8.42 Å². The molecule has 0 aromatic heterocycles. The highest BCUT2D eigenvalue weighted by Crippen LogP contribution is 2.28. The van der Waals surface area contributed by atoms with E-state index in [0.29, 0.717) is 17.4 Å². The molecule has 1 aromatic rings. The van der Waals surface area contributed by atoms with Gasteiger partial charge in [0, 0.05) is 19.6 Å². The first-order valence-corrected chi connectivity index (χ1v) is 8.17. The molecule has 0 aliphatic heterocycles. The summed E-state index contributed by atoms with van der Waals surface area (Å²) in [4.78, 5) is 0.346. The van der Waals surface area contributed by atoms with Crippen LogP contribution in [-0.2, 0) is 10.0 Å². The second-order valence-electron chi connectivity index (χ2n) is 5.44. The molecule has 5 heteroatoms. The average Bonchev–Trinajstić information content (AvgIpc) is 2.33. The molecule has 4 nitrogen and oxygen atoms in total. The summed E-state index contributed by atoms with van der Waals surface area (Å²) in [6.45, 7) is 2.50. The molecule has 1 fully saturated rings. The van der Waals surface area contributed by atoms with Crippen LogP contribution in [0.15, 0.2) is 29.2 Å². The number of rotatable bonds is 5. The van der Waals surface area contributed by atoms with Crippen LogP contribution in [-0.4, -0.2) is 26.3 Å².